The molecule has 0 bridgehead atoms. The molecular weight excluding hydrogens is 416 g/mol. The van der Waals surface area contributed by atoms with Gasteiger partial charge in [-0.1, -0.05) is 48.5 Å². The van der Waals surface area contributed by atoms with Crippen LogP contribution in [0.3, 0.4) is 0 Å². The van der Waals surface area contributed by atoms with E-state index in [-0.39, 0.29) is 21.2 Å². The number of carbonyl (C=O) groups excluding carboxylic acids is 1. The number of anilines is 1. The quantitative estimate of drug-likeness (QED) is 0.578. The Labute approximate surface area is 168 Å². The largest absolute Gasteiger partial charge is 0.377 e. The molecular formula is C19H16N2O6S2. The van der Waals surface area contributed by atoms with Gasteiger partial charge in [0.05, 0.1) is 10.6 Å². The molecule has 0 unspecified atom stereocenters. The van der Waals surface area contributed by atoms with Gasteiger partial charge in [-0.15, -0.1) is 0 Å². The van der Waals surface area contributed by atoms with Crippen LogP contribution in [0, 0.1) is 0 Å². The van der Waals surface area contributed by atoms with Crippen molar-refractivity contribution in [3.63, 3.8) is 0 Å². The highest BCUT2D eigenvalue weighted by Crippen LogP contribution is 2.27. The average molecular weight is 432 g/mol. The molecule has 0 spiro atoms. The second-order valence-corrected chi connectivity index (χ2v) is 8.95. The Kier molecular flexibility index (Phi) is 5.85. The van der Waals surface area contributed by atoms with Crippen molar-refractivity contribution in [1.82, 2.24) is 4.72 Å². The predicted molar refractivity (Wildman–Crippen MR) is 106 cm³/mol. The van der Waals surface area contributed by atoms with Gasteiger partial charge in [-0.25, -0.2) is 17.9 Å². The van der Waals surface area contributed by atoms with E-state index >= 15 is 0 Å². The fourth-order valence-corrected chi connectivity index (χ4v) is 4.22. The van der Waals surface area contributed by atoms with Gasteiger partial charge in [-0.3, -0.25) is 0 Å². The second kappa shape index (κ2) is 8.33. The van der Waals surface area contributed by atoms with Gasteiger partial charge in [0.1, 0.15) is 4.90 Å². The maximum Gasteiger partial charge on any atom is 0.339 e. The van der Waals surface area contributed by atoms with Crippen molar-refractivity contribution in [3.05, 3.63) is 84.9 Å². The lowest BCUT2D eigenvalue weighted by Gasteiger charge is -2.13. The highest BCUT2D eigenvalue weighted by Gasteiger charge is 2.21. The van der Waals surface area contributed by atoms with E-state index in [0.29, 0.717) is 0 Å². The van der Waals surface area contributed by atoms with Crippen LogP contribution in [-0.4, -0.2) is 22.9 Å². The summed E-state index contributed by atoms with van der Waals surface area (Å²) in [5.74, 6) is -0.163. The van der Waals surface area contributed by atoms with Gasteiger partial charge in [0.15, 0.2) is 5.75 Å². The topological polar surface area (TPSA) is 119 Å². The number of hydrogen-bond acceptors (Lipinski definition) is 6. The molecule has 2 N–H and O–H groups in total. The summed E-state index contributed by atoms with van der Waals surface area (Å²) in [6.07, 6.45) is 0. The summed E-state index contributed by atoms with van der Waals surface area (Å²) < 4.78 is 56.3. The van der Waals surface area contributed by atoms with Gasteiger partial charge in [-0.05, 0) is 36.4 Å². The first-order valence-corrected chi connectivity index (χ1v) is 11.1. The van der Waals surface area contributed by atoms with Gasteiger partial charge >= 0.3 is 16.1 Å². The molecule has 0 atom stereocenters. The van der Waals surface area contributed by atoms with Crippen LogP contribution in [0.4, 0.5) is 10.5 Å². The molecule has 0 saturated heterocycles. The van der Waals surface area contributed by atoms with Crippen LogP contribution in [0.2, 0.25) is 0 Å². The third kappa shape index (κ3) is 5.12. The van der Waals surface area contributed by atoms with Crippen molar-refractivity contribution in [2.24, 2.45) is 0 Å². The number of sulfonamides is 1. The first kappa shape index (κ1) is 20.4. The highest BCUT2D eigenvalue weighted by molar-refractivity contribution is 7.90. The van der Waals surface area contributed by atoms with Gasteiger partial charge in [0.2, 0.25) is 0 Å². The first-order chi connectivity index (χ1) is 13.8. The monoisotopic (exact) mass is 432 g/mol. The maximum absolute atomic E-state index is 12.4. The smallest absolute Gasteiger partial charge is 0.339 e. The summed E-state index contributed by atoms with van der Waals surface area (Å²) in [7, 11) is -8.23. The molecule has 0 aromatic heterocycles. The van der Waals surface area contributed by atoms with Crippen molar-refractivity contribution in [1.29, 1.82) is 0 Å². The van der Waals surface area contributed by atoms with E-state index in [2.05, 4.69) is 5.32 Å². The van der Waals surface area contributed by atoms with E-state index in [1.165, 1.54) is 60.7 Å². The molecule has 8 nitrogen and oxygen atoms in total. The van der Waals surface area contributed by atoms with Crippen LogP contribution < -0.4 is 14.2 Å². The average Bonchev–Trinajstić information content (AvgIpc) is 2.70. The third-order valence-corrected chi connectivity index (χ3v) is 6.24. The third-order valence-electron chi connectivity index (χ3n) is 3.65. The highest BCUT2D eigenvalue weighted by atomic mass is 32.2. The van der Waals surface area contributed by atoms with Crippen LogP contribution in [-0.2, 0) is 20.1 Å². The molecule has 0 saturated carbocycles. The predicted octanol–water partition coefficient (Wildman–Crippen LogP) is 2.96. The molecule has 0 aliphatic rings. The molecule has 10 heteroatoms. The fraction of sp³-hybridized carbons (Fsp3) is 0. The Bertz CT molecular complexity index is 1210. The van der Waals surface area contributed by atoms with E-state index in [1.807, 2.05) is 4.72 Å². The lowest BCUT2D eigenvalue weighted by molar-refractivity contribution is 0.256. The Morgan fingerprint density at radius 3 is 1.83 bits per heavy atom. The minimum atomic E-state index is -4.14. The van der Waals surface area contributed by atoms with Crippen LogP contribution >= 0.6 is 0 Å². The number of hydrogen-bond donors (Lipinski definition) is 2. The lowest BCUT2D eigenvalue weighted by Crippen LogP contribution is -2.34. The summed E-state index contributed by atoms with van der Waals surface area (Å²) >= 11 is 0. The second-order valence-electron chi connectivity index (χ2n) is 5.72. The maximum atomic E-state index is 12.4. The summed E-state index contributed by atoms with van der Waals surface area (Å²) in [4.78, 5) is 12.0. The number of carbonyl (C=O) groups is 1. The fourth-order valence-electron chi connectivity index (χ4n) is 2.32. The van der Waals surface area contributed by atoms with Crippen molar-refractivity contribution in [2.45, 2.75) is 9.79 Å². The Hall–Kier alpha value is -3.37. The van der Waals surface area contributed by atoms with Crippen LogP contribution in [0.15, 0.2) is 94.7 Å². The molecule has 0 aliphatic heterocycles. The van der Waals surface area contributed by atoms with Gasteiger partial charge < -0.3 is 9.50 Å². The van der Waals surface area contributed by atoms with Gasteiger partial charge in [-0.2, -0.15) is 8.42 Å². The SMILES string of the molecule is O=C(Nc1ccccc1OS(=O)(=O)c1ccccc1)NS(=O)(=O)c1ccccc1. The zero-order valence-corrected chi connectivity index (χ0v) is 16.5. The van der Waals surface area contributed by atoms with E-state index in [1.54, 1.807) is 24.3 Å². The number of benzene rings is 3. The van der Waals surface area contributed by atoms with Crippen molar-refractivity contribution in [3.8, 4) is 5.75 Å². The molecule has 0 aliphatic carbocycles. The first-order valence-electron chi connectivity index (χ1n) is 8.25. The molecule has 0 heterocycles. The number of para-hydroxylation sites is 2. The van der Waals surface area contributed by atoms with Gasteiger partial charge in [0, 0.05) is 0 Å². The van der Waals surface area contributed by atoms with E-state index in [9.17, 15) is 21.6 Å². The van der Waals surface area contributed by atoms with Crippen LogP contribution in [0.1, 0.15) is 0 Å². The van der Waals surface area contributed by atoms with Crippen molar-refractivity contribution in [2.75, 3.05) is 5.32 Å². The van der Waals surface area contributed by atoms with Crippen LogP contribution in [0.25, 0.3) is 0 Å². The van der Waals surface area contributed by atoms with Gasteiger partial charge in [0.25, 0.3) is 10.0 Å². The Morgan fingerprint density at radius 2 is 1.21 bits per heavy atom. The lowest BCUT2D eigenvalue weighted by atomic mass is 10.3. The zero-order valence-electron chi connectivity index (χ0n) is 14.8. The minimum Gasteiger partial charge on any atom is -0.377 e. The minimum absolute atomic E-state index is 0.0206. The van der Waals surface area contributed by atoms with Crippen molar-refractivity contribution >= 4 is 31.9 Å². The molecule has 0 fully saturated rings. The number of urea groups is 1. The summed E-state index contributed by atoms with van der Waals surface area (Å²) in [5, 5.41) is 2.29. The molecule has 29 heavy (non-hydrogen) atoms. The summed E-state index contributed by atoms with van der Waals surface area (Å²) in [6.45, 7) is 0. The number of amides is 2. The van der Waals surface area contributed by atoms with E-state index in [4.69, 9.17) is 4.18 Å². The molecule has 3 aromatic rings. The normalized spacial score (nSPS) is 11.4. The standard InChI is InChI=1S/C19H16N2O6S2/c22-19(21-28(23,24)15-9-3-1-4-10-15)20-17-13-7-8-14-18(17)27-29(25,26)16-11-5-2-6-12-16/h1-14H,(H2,20,21,22). The number of nitrogens with one attached hydrogen (secondary N) is 2. The van der Waals surface area contributed by atoms with Crippen molar-refractivity contribution < 1.29 is 25.8 Å². The van der Waals surface area contributed by atoms with E-state index in [0.717, 1.165) is 0 Å². The summed E-state index contributed by atoms with van der Waals surface area (Å²) in [5.41, 5.74) is -0.0206. The molecule has 2 amide bonds. The zero-order chi connectivity index (χ0) is 20.9. The summed E-state index contributed by atoms with van der Waals surface area (Å²) in [6, 6.07) is 19.5. The molecule has 150 valence electrons. The molecule has 3 rings (SSSR count). The Morgan fingerprint density at radius 1 is 0.690 bits per heavy atom. The Balaban J connectivity index is 1.78. The number of rotatable bonds is 6. The van der Waals surface area contributed by atoms with Crippen LogP contribution in [0.5, 0.6) is 5.75 Å². The van der Waals surface area contributed by atoms with E-state index < -0.39 is 26.2 Å². The molecule has 3 aromatic carbocycles. The molecule has 0 radical (unpaired) electrons.